The lowest BCUT2D eigenvalue weighted by molar-refractivity contribution is 0.768. The molecule has 12 aromatic carbocycles. The minimum absolute atomic E-state index is 0.0800. The molecule has 0 aliphatic heterocycles. The third-order valence-corrected chi connectivity index (χ3v) is 14.0. The average Bonchev–Trinajstić information content (AvgIpc) is 3.08. The van der Waals surface area contributed by atoms with E-state index in [0.29, 0.717) is 16.8 Å². The molecular formula is C71H49N. The second-order valence-electron chi connectivity index (χ2n) is 18.2. The lowest BCUT2D eigenvalue weighted by Crippen LogP contribution is -2.28. The van der Waals surface area contributed by atoms with Crippen LogP contribution in [0.5, 0.6) is 0 Å². The fraction of sp³-hybridized carbons (Fsp3) is 0.0141. The Morgan fingerprint density at radius 2 is 0.681 bits per heavy atom. The summed E-state index contributed by atoms with van der Waals surface area (Å²) < 4.78 is 80.0. The summed E-state index contributed by atoms with van der Waals surface area (Å²) in [6.07, 6.45) is 0. The van der Waals surface area contributed by atoms with Crippen LogP contribution >= 0.6 is 0 Å². The third-order valence-electron chi connectivity index (χ3n) is 14.0. The van der Waals surface area contributed by atoms with Gasteiger partial charge in [-0.2, -0.15) is 0 Å². The summed E-state index contributed by atoms with van der Waals surface area (Å²) in [7, 11) is 0. The van der Waals surface area contributed by atoms with E-state index in [-0.39, 0.29) is 46.7 Å². The Labute approximate surface area is 433 Å². The zero-order valence-electron chi connectivity index (χ0n) is 47.1. The lowest BCUT2D eigenvalue weighted by Gasteiger charge is -2.35. The molecule has 13 rings (SSSR count). The van der Waals surface area contributed by atoms with E-state index in [9.17, 15) is 11.0 Å². The predicted molar refractivity (Wildman–Crippen MR) is 303 cm³/mol. The van der Waals surface area contributed by atoms with Gasteiger partial charge in [0, 0.05) is 17.1 Å². The van der Waals surface area contributed by atoms with E-state index >= 15 is 0 Å². The van der Waals surface area contributed by atoms with Gasteiger partial charge in [0.2, 0.25) is 0 Å². The first-order valence-corrected chi connectivity index (χ1v) is 24.2. The van der Waals surface area contributed by atoms with Gasteiger partial charge in [-0.05, 0) is 166 Å². The molecule has 0 saturated carbocycles. The van der Waals surface area contributed by atoms with Crippen LogP contribution in [0.15, 0.2) is 297 Å². The van der Waals surface area contributed by atoms with Crippen molar-refractivity contribution in [3.05, 3.63) is 319 Å². The zero-order valence-corrected chi connectivity index (χ0v) is 39.1. The SMILES string of the molecule is [2H]c1c([2H])c(N(c2ccc3c(c2)C(c2ccccc2)(c2ccccc2)c2ccccc2-3)c2c([2H])c([2H])c(-c3cc(-c4ccccc4)cc(-c4ccccc4)c3)c([2H])c2[2H])c([2H])c([2H])c1-c1cccc(-c2ccc3ccccc3c2)c1. The zero-order chi connectivity index (χ0) is 54.8. The van der Waals surface area contributed by atoms with Crippen LogP contribution in [0.3, 0.4) is 0 Å². The molecular weight excluding hydrogens is 867 g/mol. The number of hydrogen-bond donors (Lipinski definition) is 0. The predicted octanol–water partition coefficient (Wildman–Crippen LogP) is 19.0. The Balaban J connectivity index is 1.06. The van der Waals surface area contributed by atoms with Crippen molar-refractivity contribution in [1.29, 1.82) is 0 Å². The fourth-order valence-corrected chi connectivity index (χ4v) is 10.7. The van der Waals surface area contributed by atoms with Gasteiger partial charge in [-0.15, -0.1) is 0 Å². The normalized spacial score (nSPS) is 13.8. The summed E-state index contributed by atoms with van der Waals surface area (Å²) in [5, 5.41) is 2.15. The van der Waals surface area contributed by atoms with Gasteiger partial charge in [-0.3, -0.25) is 0 Å². The molecule has 0 radical (unpaired) electrons. The molecule has 1 aliphatic rings. The molecule has 338 valence electrons. The molecule has 0 N–H and O–H groups in total. The van der Waals surface area contributed by atoms with E-state index in [0.717, 1.165) is 77.5 Å². The quantitative estimate of drug-likeness (QED) is 0.132. The summed E-state index contributed by atoms with van der Waals surface area (Å²) in [4.78, 5) is 1.43. The number of benzene rings is 12. The molecule has 1 nitrogen and oxygen atoms in total. The van der Waals surface area contributed by atoms with E-state index in [4.69, 9.17) is 0 Å². The standard InChI is InChI=1S/C71H49N/c1-5-18-50(19-6-1)59-46-60(51-20-7-2-8-21-51)48-61(47-59)54-36-40-65(41-37-54)72(64-38-34-53(35-39-64)56-24-17-25-57(44-56)58-33-32-52-22-13-14-23-55(52)45-58)66-42-43-68-67-30-15-16-31-69(67)71(70(68)49-66,62-26-9-3-10-27-62)63-28-11-4-12-29-63/h1-49H/i34D,35D,36D,37D,38D,39D,40D,41D. The topological polar surface area (TPSA) is 3.24 Å². The molecule has 1 aliphatic carbocycles. The van der Waals surface area contributed by atoms with Crippen molar-refractivity contribution < 1.29 is 11.0 Å². The Bertz CT molecular complexity index is 4240. The van der Waals surface area contributed by atoms with Gasteiger partial charge in [0.05, 0.1) is 16.4 Å². The summed E-state index contributed by atoms with van der Waals surface area (Å²) in [5.41, 5.74) is 11.2. The summed E-state index contributed by atoms with van der Waals surface area (Å²) in [6, 6.07) is 78.8. The Kier molecular flexibility index (Phi) is 8.83. The van der Waals surface area contributed by atoms with Crippen molar-refractivity contribution >= 4 is 27.8 Å². The van der Waals surface area contributed by atoms with Crippen LogP contribution in [-0.2, 0) is 5.41 Å². The van der Waals surface area contributed by atoms with Gasteiger partial charge < -0.3 is 4.90 Å². The summed E-state index contributed by atoms with van der Waals surface area (Å²) in [5.74, 6) is 0. The monoisotopic (exact) mass is 923 g/mol. The largest absolute Gasteiger partial charge is 0.310 e. The van der Waals surface area contributed by atoms with Crippen molar-refractivity contribution in [2.45, 2.75) is 5.41 Å². The van der Waals surface area contributed by atoms with E-state index in [1.165, 1.54) is 4.90 Å². The number of rotatable bonds is 10. The Morgan fingerprint density at radius 1 is 0.250 bits per heavy atom. The second-order valence-corrected chi connectivity index (χ2v) is 18.2. The van der Waals surface area contributed by atoms with E-state index in [1.807, 2.05) is 176 Å². The van der Waals surface area contributed by atoms with Crippen LogP contribution in [0.4, 0.5) is 17.1 Å². The number of anilines is 3. The van der Waals surface area contributed by atoms with Crippen LogP contribution in [0.25, 0.3) is 77.5 Å². The highest BCUT2D eigenvalue weighted by Crippen LogP contribution is 2.57. The van der Waals surface area contributed by atoms with Gasteiger partial charge in [0.25, 0.3) is 0 Å². The number of hydrogen-bond acceptors (Lipinski definition) is 1. The molecule has 12 aromatic rings. The molecule has 0 bridgehead atoms. The number of fused-ring (bicyclic) bond motifs is 4. The highest BCUT2D eigenvalue weighted by atomic mass is 15.1. The smallest absolute Gasteiger partial charge is 0.0714 e. The number of nitrogens with zero attached hydrogens (tertiary/aromatic N) is 1. The molecule has 0 amide bonds. The molecule has 0 spiro atoms. The first-order chi connectivity index (χ1) is 39.0. The second kappa shape index (κ2) is 18.2. The molecule has 0 unspecified atom stereocenters. The van der Waals surface area contributed by atoms with Crippen molar-refractivity contribution in [2.75, 3.05) is 4.90 Å². The fourth-order valence-electron chi connectivity index (χ4n) is 10.7. The van der Waals surface area contributed by atoms with Crippen LogP contribution in [0.2, 0.25) is 0 Å². The molecule has 0 saturated heterocycles. The van der Waals surface area contributed by atoms with E-state index < -0.39 is 29.6 Å². The van der Waals surface area contributed by atoms with Crippen molar-refractivity contribution in [3.8, 4) is 66.8 Å². The highest BCUT2D eigenvalue weighted by Gasteiger charge is 2.46. The summed E-state index contributed by atoms with van der Waals surface area (Å²) in [6.45, 7) is 0. The average molecular weight is 924 g/mol. The Hall–Kier alpha value is -9.30. The van der Waals surface area contributed by atoms with Gasteiger partial charge in [0.15, 0.2) is 0 Å². The molecule has 72 heavy (non-hydrogen) atoms. The maximum atomic E-state index is 10.1. The molecule has 1 heteroatoms. The summed E-state index contributed by atoms with van der Waals surface area (Å²) >= 11 is 0. The maximum absolute atomic E-state index is 10.1. The van der Waals surface area contributed by atoms with Gasteiger partial charge in [-0.1, -0.05) is 230 Å². The van der Waals surface area contributed by atoms with E-state index in [2.05, 4.69) is 66.7 Å². The van der Waals surface area contributed by atoms with Crippen LogP contribution in [0.1, 0.15) is 33.2 Å². The van der Waals surface area contributed by atoms with Crippen molar-refractivity contribution in [2.24, 2.45) is 0 Å². The van der Waals surface area contributed by atoms with Crippen LogP contribution in [0, 0.1) is 0 Å². The highest BCUT2D eigenvalue weighted by molar-refractivity contribution is 5.91. The third kappa shape index (κ3) is 7.60. The minimum atomic E-state index is -0.899. The Morgan fingerprint density at radius 3 is 1.28 bits per heavy atom. The van der Waals surface area contributed by atoms with Crippen molar-refractivity contribution in [3.63, 3.8) is 0 Å². The molecule has 0 atom stereocenters. The molecule has 0 aromatic heterocycles. The first kappa shape index (κ1) is 34.9. The van der Waals surface area contributed by atoms with Crippen molar-refractivity contribution in [1.82, 2.24) is 0 Å². The first-order valence-electron chi connectivity index (χ1n) is 28.2. The molecule has 0 heterocycles. The lowest BCUT2D eigenvalue weighted by atomic mass is 9.67. The van der Waals surface area contributed by atoms with Crippen LogP contribution in [-0.4, -0.2) is 0 Å². The van der Waals surface area contributed by atoms with Crippen LogP contribution < -0.4 is 4.90 Å². The van der Waals surface area contributed by atoms with E-state index in [1.54, 1.807) is 6.07 Å². The van der Waals surface area contributed by atoms with Gasteiger partial charge >= 0.3 is 0 Å². The van der Waals surface area contributed by atoms with Gasteiger partial charge in [0.1, 0.15) is 0 Å². The molecule has 0 fully saturated rings. The maximum Gasteiger partial charge on any atom is 0.0714 e. The minimum Gasteiger partial charge on any atom is -0.310 e. The van der Waals surface area contributed by atoms with Gasteiger partial charge in [-0.25, -0.2) is 0 Å².